The molecule has 0 fully saturated rings. The summed E-state index contributed by atoms with van der Waals surface area (Å²) >= 11 is 6.16. The number of benzene rings is 1. The van der Waals surface area contributed by atoms with Crippen LogP contribution < -0.4 is 5.73 Å². The first-order valence-electron chi connectivity index (χ1n) is 3.60. The molecule has 0 saturated carbocycles. The van der Waals surface area contributed by atoms with Crippen LogP contribution in [0.25, 0.3) is 0 Å². The molecule has 0 amide bonds. The topological polar surface area (TPSA) is 26.0 Å². The zero-order chi connectivity index (χ0) is 10.9. The lowest BCUT2D eigenvalue weighted by atomic mass is 10.1. The standard InChI is InChI=1S/C8H6Br2F3N/c9-5-3-1-2-4(6(5)10)7(14)8(11,12)13/h1-3,7H,14H2/t7-/m0/s1. The minimum absolute atomic E-state index is 0.0203. The Balaban J connectivity index is 3.14. The molecular formula is C8H6Br2F3N. The molecule has 0 aliphatic carbocycles. The third-order valence-corrected chi connectivity index (χ3v) is 3.75. The van der Waals surface area contributed by atoms with Gasteiger partial charge in [-0.05, 0) is 43.5 Å². The lowest BCUT2D eigenvalue weighted by Gasteiger charge is -2.17. The van der Waals surface area contributed by atoms with E-state index in [1.807, 2.05) is 0 Å². The summed E-state index contributed by atoms with van der Waals surface area (Å²) in [4.78, 5) is 0. The van der Waals surface area contributed by atoms with Gasteiger partial charge >= 0.3 is 6.18 Å². The van der Waals surface area contributed by atoms with Crippen molar-refractivity contribution in [3.63, 3.8) is 0 Å². The van der Waals surface area contributed by atoms with E-state index in [-0.39, 0.29) is 5.56 Å². The van der Waals surface area contributed by atoms with E-state index in [4.69, 9.17) is 5.73 Å². The van der Waals surface area contributed by atoms with Crippen LogP contribution in [0, 0.1) is 0 Å². The lowest BCUT2D eigenvalue weighted by Crippen LogP contribution is -2.28. The molecule has 0 radical (unpaired) electrons. The highest BCUT2D eigenvalue weighted by atomic mass is 79.9. The second-order valence-electron chi connectivity index (χ2n) is 2.66. The van der Waals surface area contributed by atoms with Crippen LogP contribution in [-0.4, -0.2) is 6.18 Å². The molecule has 1 aromatic carbocycles. The number of alkyl halides is 3. The van der Waals surface area contributed by atoms with Gasteiger partial charge in [-0.15, -0.1) is 0 Å². The van der Waals surface area contributed by atoms with Crippen molar-refractivity contribution in [1.82, 2.24) is 0 Å². The maximum atomic E-state index is 12.3. The molecule has 1 nitrogen and oxygen atoms in total. The van der Waals surface area contributed by atoms with Crippen molar-refractivity contribution in [3.05, 3.63) is 32.7 Å². The predicted octanol–water partition coefficient (Wildman–Crippen LogP) is 3.77. The minimum Gasteiger partial charge on any atom is -0.316 e. The Morgan fingerprint density at radius 1 is 1.21 bits per heavy atom. The Labute approximate surface area is 95.7 Å². The Bertz CT molecular complexity index is 338. The minimum atomic E-state index is -4.43. The Kier molecular flexibility index (Phi) is 3.60. The lowest BCUT2D eigenvalue weighted by molar-refractivity contribution is -0.149. The Hall–Kier alpha value is -0.0700. The van der Waals surface area contributed by atoms with Crippen molar-refractivity contribution in [1.29, 1.82) is 0 Å². The Morgan fingerprint density at radius 2 is 1.79 bits per heavy atom. The van der Waals surface area contributed by atoms with Crippen molar-refractivity contribution >= 4 is 31.9 Å². The molecule has 0 heterocycles. The van der Waals surface area contributed by atoms with Gasteiger partial charge in [0.15, 0.2) is 0 Å². The van der Waals surface area contributed by atoms with Crippen LogP contribution in [0.1, 0.15) is 11.6 Å². The molecule has 2 N–H and O–H groups in total. The quantitative estimate of drug-likeness (QED) is 0.832. The monoisotopic (exact) mass is 331 g/mol. The summed E-state index contributed by atoms with van der Waals surface area (Å²) in [5.41, 5.74) is 5.09. The van der Waals surface area contributed by atoms with Crippen molar-refractivity contribution in [2.45, 2.75) is 12.2 Å². The molecule has 0 aliphatic heterocycles. The largest absolute Gasteiger partial charge is 0.407 e. The molecular weight excluding hydrogens is 327 g/mol. The van der Waals surface area contributed by atoms with Crippen molar-refractivity contribution in [2.75, 3.05) is 0 Å². The van der Waals surface area contributed by atoms with Crippen LogP contribution in [0.4, 0.5) is 13.2 Å². The van der Waals surface area contributed by atoms with E-state index in [0.29, 0.717) is 8.95 Å². The molecule has 0 aliphatic rings. The molecule has 1 aromatic rings. The second kappa shape index (κ2) is 4.20. The van der Waals surface area contributed by atoms with E-state index < -0.39 is 12.2 Å². The summed E-state index contributed by atoms with van der Waals surface area (Å²) in [7, 11) is 0. The second-order valence-corrected chi connectivity index (χ2v) is 4.31. The summed E-state index contributed by atoms with van der Waals surface area (Å²) in [5, 5.41) is 0. The zero-order valence-corrected chi connectivity index (χ0v) is 9.95. The van der Waals surface area contributed by atoms with Gasteiger partial charge in [0, 0.05) is 8.95 Å². The van der Waals surface area contributed by atoms with Crippen LogP contribution in [-0.2, 0) is 0 Å². The maximum absolute atomic E-state index is 12.3. The van der Waals surface area contributed by atoms with Crippen molar-refractivity contribution < 1.29 is 13.2 Å². The molecule has 0 unspecified atom stereocenters. The van der Waals surface area contributed by atoms with Crippen LogP contribution in [0.5, 0.6) is 0 Å². The molecule has 0 spiro atoms. The molecule has 14 heavy (non-hydrogen) atoms. The van der Waals surface area contributed by atoms with Crippen LogP contribution in [0.2, 0.25) is 0 Å². The molecule has 0 bridgehead atoms. The Morgan fingerprint density at radius 3 is 2.29 bits per heavy atom. The summed E-state index contributed by atoms with van der Waals surface area (Å²) in [6, 6.07) is 2.52. The first kappa shape index (κ1) is 12.0. The summed E-state index contributed by atoms with van der Waals surface area (Å²) < 4.78 is 37.7. The third-order valence-electron chi connectivity index (χ3n) is 1.67. The van der Waals surface area contributed by atoms with Gasteiger partial charge < -0.3 is 5.73 Å². The number of hydrogen-bond donors (Lipinski definition) is 1. The van der Waals surface area contributed by atoms with Crippen molar-refractivity contribution in [3.8, 4) is 0 Å². The number of rotatable bonds is 1. The average Bonchev–Trinajstić information content (AvgIpc) is 2.07. The van der Waals surface area contributed by atoms with Crippen molar-refractivity contribution in [2.24, 2.45) is 5.73 Å². The molecule has 0 aromatic heterocycles. The number of nitrogens with two attached hydrogens (primary N) is 1. The van der Waals surface area contributed by atoms with E-state index >= 15 is 0 Å². The molecule has 1 atom stereocenters. The van der Waals surface area contributed by atoms with Gasteiger partial charge in [-0.2, -0.15) is 13.2 Å². The zero-order valence-electron chi connectivity index (χ0n) is 6.78. The highest BCUT2D eigenvalue weighted by Gasteiger charge is 2.38. The fraction of sp³-hybridized carbons (Fsp3) is 0.250. The number of halogens is 5. The maximum Gasteiger partial charge on any atom is 0.407 e. The van der Waals surface area contributed by atoms with Crippen LogP contribution in [0.15, 0.2) is 27.1 Å². The SMILES string of the molecule is N[C@@H](c1cccc(Br)c1Br)C(F)(F)F. The van der Waals surface area contributed by atoms with Gasteiger partial charge in [0.25, 0.3) is 0 Å². The van der Waals surface area contributed by atoms with Crippen LogP contribution in [0.3, 0.4) is 0 Å². The first-order chi connectivity index (χ1) is 6.34. The number of hydrogen-bond acceptors (Lipinski definition) is 1. The van der Waals surface area contributed by atoms with Gasteiger partial charge in [-0.25, -0.2) is 0 Å². The third kappa shape index (κ3) is 2.49. The molecule has 6 heteroatoms. The van der Waals surface area contributed by atoms with Gasteiger partial charge in [0.2, 0.25) is 0 Å². The summed E-state index contributed by atoms with van der Waals surface area (Å²) in [6.45, 7) is 0. The van der Waals surface area contributed by atoms with Gasteiger partial charge in [0.1, 0.15) is 6.04 Å². The van der Waals surface area contributed by atoms with E-state index in [9.17, 15) is 13.2 Å². The first-order valence-corrected chi connectivity index (χ1v) is 5.19. The van der Waals surface area contributed by atoms with E-state index in [2.05, 4.69) is 31.9 Å². The van der Waals surface area contributed by atoms with E-state index in [1.165, 1.54) is 12.1 Å². The predicted molar refractivity (Wildman–Crippen MR) is 54.8 cm³/mol. The van der Waals surface area contributed by atoms with Gasteiger partial charge in [-0.1, -0.05) is 12.1 Å². The van der Waals surface area contributed by atoms with Gasteiger partial charge in [-0.3, -0.25) is 0 Å². The highest BCUT2D eigenvalue weighted by molar-refractivity contribution is 9.13. The van der Waals surface area contributed by atoms with Gasteiger partial charge in [0.05, 0.1) is 0 Å². The normalized spacial score (nSPS) is 14.1. The van der Waals surface area contributed by atoms with E-state index in [1.54, 1.807) is 6.07 Å². The average molecular weight is 333 g/mol. The molecule has 78 valence electrons. The van der Waals surface area contributed by atoms with Crippen LogP contribution >= 0.6 is 31.9 Å². The fourth-order valence-electron chi connectivity index (χ4n) is 0.937. The van der Waals surface area contributed by atoms with E-state index in [0.717, 1.165) is 0 Å². The molecule has 0 saturated heterocycles. The summed E-state index contributed by atoms with van der Waals surface area (Å²) in [5.74, 6) is 0. The summed E-state index contributed by atoms with van der Waals surface area (Å²) in [6.07, 6.45) is -4.43. The highest BCUT2D eigenvalue weighted by Crippen LogP contribution is 2.37. The molecule has 1 rings (SSSR count). The fourth-order valence-corrected chi connectivity index (χ4v) is 1.83. The smallest absolute Gasteiger partial charge is 0.316 e.